The molecule has 1 aliphatic rings. The lowest BCUT2D eigenvalue weighted by molar-refractivity contribution is 0.252. The number of hydrogen-bond acceptors (Lipinski definition) is 3. The van der Waals surface area contributed by atoms with E-state index >= 15 is 0 Å². The third kappa shape index (κ3) is 2.38. The number of nitrogens with one attached hydrogen (secondary N) is 2. The molecule has 2 amide bonds. The Kier molecular flexibility index (Phi) is 3.58. The van der Waals surface area contributed by atoms with Crippen molar-refractivity contribution in [3.63, 3.8) is 0 Å². The number of imidazole rings is 1. The molecule has 1 unspecified atom stereocenters. The first-order valence-corrected chi connectivity index (χ1v) is 8.27. The lowest BCUT2D eigenvalue weighted by Crippen LogP contribution is -2.30. The molecule has 8 heteroatoms. The van der Waals surface area contributed by atoms with E-state index in [1.807, 2.05) is 0 Å². The van der Waals surface area contributed by atoms with E-state index in [-0.39, 0.29) is 11.0 Å². The summed E-state index contributed by atoms with van der Waals surface area (Å²) in [7, 11) is 0. The van der Waals surface area contributed by atoms with Crippen LogP contribution in [0.25, 0.3) is 11.0 Å². The standard InChI is InChI=1S/C16H10BrFN4OS/c17-8-1-3-10(11(18)5-8)14-15(24)21-16(23)22(14)9-2-4-12-13(6-9)20-7-19-12/h1-7,14H,(H,19,20)(H,21,23,24). The van der Waals surface area contributed by atoms with Crippen LogP contribution in [-0.4, -0.2) is 21.0 Å². The number of rotatable bonds is 2. The number of amides is 2. The second kappa shape index (κ2) is 5.64. The van der Waals surface area contributed by atoms with E-state index in [0.717, 1.165) is 11.0 Å². The second-order valence-corrected chi connectivity index (χ2v) is 6.69. The lowest BCUT2D eigenvalue weighted by Gasteiger charge is -2.23. The van der Waals surface area contributed by atoms with Crippen molar-refractivity contribution in [1.82, 2.24) is 15.3 Å². The molecule has 2 N–H and O–H groups in total. The number of thiocarbonyl (C=S) groups is 1. The Bertz CT molecular complexity index is 989. The predicted octanol–water partition coefficient (Wildman–Crippen LogP) is 4.06. The van der Waals surface area contributed by atoms with Crippen LogP contribution in [-0.2, 0) is 0 Å². The number of benzene rings is 2. The third-order valence-electron chi connectivity index (χ3n) is 3.89. The summed E-state index contributed by atoms with van der Waals surface area (Å²) < 4.78 is 15.0. The highest BCUT2D eigenvalue weighted by atomic mass is 79.9. The van der Waals surface area contributed by atoms with E-state index < -0.39 is 11.9 Å². The van der Waals surface area contributed by atoms with Crippen LogP contribution in [0.2, 0.25) is 0 Å². The molecule has 5 nitrogen and oxygen atoms in total. The molecule has 1 aliphatic heterocycles. The van der Waals surface area contributed by atoms with Crippen LogP contribution in [0.1, 0.15) is 11.6 Å². The molecule has 1 aromatic heterocycles. The van der Waals surface area contributed by atoms with Crippen LogP contribution in [0.5, 0.6) is 0 Å². The summed E-state index contributed by atoms with van der Waals surface area (Å²) in [4.78, 5) is 21.3. The largest absolute Gasteiger partial charge is 0.345 e. The number of nitrogens with zero attached hydrogens (tertiary/aromatic N) is 2. The normalized spacial score (nSPS) is 17.6. The Balaban J connectivity index is 1.84. The first kappa shape index (κ1) is 15.2. The Labute approximate surface area is 150 Å². The summed E-state index contributed by atoms with van der Waals surface area (Å²) in [5.74, 6) is -0.430. The zero-order valence-electron chi connectivity index (χ0n) is 12.1. The van der Waals surface area contributed by atoms with Crippen molar-refractivity contribution in [3.8, 4) is 0 Å². The van der Waals surface area contributed by atoms with Gasteiger partial charge in [-0.1, -0.05) is 34.2 Å². The number of H-pyrrole nitrogens is 1. The highest BCUT2D eigenvalue weighted by Crippen LogP contribution is 2.35. The van der Waals surface area contributed by atoms with Gasteiger partial charge in [-0.15, -0.1) is 0 Å². The Morgan fingerprint density at radius 3 is 2.88 bits per heavy atom. The SMILES string of the molecule is O=C1NC(=S)C(c2ccc(Br)cc2F)N1c1ccc2nc[nH]c2c1. The van der Waals surface area contributed by atoms with Crippen LogP contribution in [0, 0.1) is 5.82 Å². The number of carbonyl (C=O) groups is 1. The zero-order valence-corrected chi connectivity index (χ0v) is 14.5. The van der Waals surface area contributed by atoms with Crippen LogP contribution < -0.4 is 10.2 Å². The van der Waals surface area contributed by atoms with E-state index in [9.17, 15) is 9.18 Å². The second-order valence-electron chi connectivity index (χ2n) is 5.34. The van der Waals surface area contributed by atoms with Gasteiger partial charge in [-0.25, -0.2) is 14.2 Å². The van der Waals surface area contributed by atoms with Crippen molar-refractivity contribution in [2.75, 3.05) is 4.90 Å². The molecule has 0 aliphatic carbocycles. The molecule has 2 heterocycles. The topological polar surface area (TPSA) is 61.0 Å². The van der Waals surface area contributed by atoms with Gasteiger partial charge >= 0.3 is 6.03 Å². The van der Waals surface area contributed by atoms with Crippen molar-refractivity contribution in [2.24, 2.45) is 0 Å². The molecule has 2 aromatic carbocycles. The fraction of sp³-hybridized carbons (Fsp3) is 0.0625. The molecule has 0 radical (unpaired) electrons. The number of hydrogen-bond donors (Lipinski definition) is 2. The van der Waals surface area contributed by atoms with Crippen LogP contribution in [0.4, 0.5) is 14.9 Å². The van der Waals surface area contributed by atoms with Crippen molar-refractivity contribution in [2.45, 2.75) is 6.04 Å². The number of anilines is 1. The third-order valence-corrected chi connectivity index (χ3v) is 4.71. The molecule has 0 spiro atoms. The zero-order chi connectivity index (χ0) is 16.8. The van der Waals surface area contributed by atoms with Gasteiger partial charge in [0.15, 0.2) is 0 Å². The molecule has 4 rings (SSSR count). The molecule has 0 bridgehead atoms. The first-order chi connectivity index (χ1) is 11.5. The number of halogens is 2. The summed E-state index contributed by atoms with van der Waals surface area (Å²) >= 11 is 8.51. The maximum Gasteiger partial charge on any atom is 0.327 e. The molecule has 24 heavy (non-hydrogen) atoms. The summed E-state index contributed by atoms with van der Waals surface area (Å²) in [6, 6.07) is 8.98. The van der Waals surface area contributed by atoms with Gasteiger partial charge in [0.05, 0.1) is 17.4 Å². The van der Waals surface area contributed by atoms with Crippen molar-refractivity contribution >= 4 is 55.9 Å². The monoisotopic (exact) mass is 404 g/mol. The molecular weight excluding hydrogens is 395 g/mol. The lowest BCUT2D eigenvalue weighted by atomic mass is 10.0. The molecule has 1 saturated heterocycles. The average molecular weight is 405 g/mol. The van der Waals surface area contributed by atoms with Gasteiger partial charge < -0.3 is 4.98 Å². The minimum atomic E-state index is -0.694. The van der Waals surface area contributed by atoms with Gasteiger partial charge in [-0.2, -0.15) is 0 Å². The van der Waals surface area contributed by atoms with E-state index in [4.69, 9.17) is 12.2 Å². The summed E-state index contributed by atoms with van der Waals surface area (Å²) in [6.45, 7) is 0. The van der Waals surface area contributed by atoms with Gasteiger partial charge in [-0.3, -0.25) is 10.2 Å². The maximum atomic E-state index is 14.4. The van der Waals surface area contributed by atoms with Crippen LogP contribution in [0.15, 0.2) is 47.2 Å². The summed E-state index contributed by atoms with van der Waals surface area (Å²) in [5.41, 5.74) is 2.52. The average Bonchev–Trinajstić information content (AvgIpc) is 3.10. The van der Waals surface area contributed by atoms with E-state index in [1.54, 1.807) is 36.7 Å². The fourth-order valence-electron chi connectivity index (χ4n) is 2.81. The van der Waals surface area contributed by atoms with Gasteiger partial charge in [0, 0.05) is 15.7 Å². The van der Waals surface area contributed by atoms with Crippen molar-refractivity contribution in [3.05, 3.63) is 58.6 Å². The molecule has 120 valence electrons. The molecule has 3 aromatic rings. The van der Waals surface area contributed by atoms with Crippen molar-refractivity contribution in [1.29, 1.82) is 0 Å². The fourth-order valence-corrected chi connectivity index (χ4v) is 3.46. The van der Waals surface area contributed by atoms with Gasteiger partial charge in [0.25, 0.3) is 0 Å². The molecular formula is C16H10BrFN4OS. The quantitative estimate of drug-likeness (QED) is 0.633. The highest BCUT2D eigenvalue weighted by molar-refractivity contribution is 9.10. The Hall–Kier alpha value is -2.32. The number of urea groups is 1. The highest BCUT2D eigenvalue weighted by Gasteiger charge is 2.39. The van der Waals surface area contributed by atoms with Gasteiger partial charge in [0.1, 0.15) is 16.8 Å². The molecule has 0 saturated carbocycles. The number of aromatic amines is 1. The Morgan fingerprint density at radius 1 is 1.25 bits per heavy atom. The minimum absolute atomic E-state index is 0.269. The van der Waals surface area contributed by atoms with Gasteiger partial charge in [-0.05, 0) is 30.3 Å². The Morgan fingerprint density at radius 2 is 2.08 bits per heavy atom. The number of aromatic nitrogens is 2. The summed E-state index contributed by atoms with van der Waals surface area (Å²) in [5, 5.41) is 2.61. The first-order valence-electron chi connectivity index (χ1n) is 7.07. The van der Waals surface area contributed by atoms with E-state index in [0.29, 0.717) is 15.7 Å². The van der Waals surface area contributed by atoms with Gasteiger partial charge in [0.2, 0.25) is 0 Å². The van der Waals surface area contributed by atoms with Crippen LogP contribution in [0.3, 0.4) is 0 Å². The maximum absolute atomic E-state index is 14.4. The smallest absolute Gasteiger partial charge is 0.327 e. The summed E-state index contributed by atoms with van der Waals surface area (Å²) in [6.07, 6.45) is 1.58. The molecule has 1 atom stereocenters. The predicted molar refractivity (Wildman–Crippen MR) is 96.5 cm³/mol. The van der Waals surface area contributed by atoms with Crippen LogP contribution >= 0.6 is 28.1 Å². The van der Waals surface area contributed by atoms with Crippen molar-refractivity contribution < 1.29 is 9.18 Å². The number of fused-ring (bicyclic) bond motifs is 1. The minimum Gasteiger partial charge on any atom is -0.345 e. The van der Waals surface area contributed by atoms with E-state index in [1.165, 1.54) is 11.0 Å². The van der Waals surface area contributed by atoms with E-state index in [2.05, 4.69) is 31.2 Å². The molecule has 1 fully saturated rings. The number of carbonyl (C=O) groups excluding carboxylic acids is 1.